The van der Waals surface area contributed by atoms with Gasteiger partial charge in [0, 0.05) is 6.42 Å². The molecule has 1 aromatic carbocycles. The molecule has 1 atom stereocenters. The number of hydrogen-bond donors (Lipinski definition) is 1. The van der Waals surface area contributed by atoms with E-state index in [1.165, 1.54) is 5.56 Å². The van der Waals surface area contributed by atoms with Crippen molar-refractivity contribution >= 4 is 5.97 Å². The van der Waals surface area contributed by atoms with Crippen LogP contribution in [-0.2, 0) is 11.2 Å². The molecule has 0 heterocycles. The van der Waals surface area contributed by atoms with E-state index in [0.717, 1.165) is 12.8 Å². The standard InChI is InChI=1S/C15H22O2/c1-15(2,3)13(11-14(16)17)10-9-12-7-5-4-6-8-12/h4-8,13H,9-11H2,1-3H3,(H,16,17)/t13-/m0/s1. The fourth-order valence-corrected chi connectivity index (χ4v) is 2.04. The zero-order valence-electron chi connectivity index (χ0n) is 10.9. The molecular formula is C15H22O2. The Morgan fingerprint density at radius 3 is 2.29 bits per heavy atom. The number of aliphatic carboxylic acids is 1. The van der Waals surface area contributed by atoms with E-state index < -0.39 is 5.97 Å². The largest absolute Gasteiger partial charge is 0.481 e. The summed E-state index contributed by atoms with van der Waals surface area (Å²) in [6.07, 6.45) is 2.15. The highest BCUT2D eigenvalue weighted by Crippen LogP contribution is 2.32. The highest BCUT2D eigenvalue weighted by molar-refractivity contribution is 5.67. The molecule has 0 radical (unpaired) electrons. The Balaban J connectivity index is 2.59. The van der Waals surface area contributed by atoms with Gasteiger partial charge in [-0.05, 0) is 29.7 Å². The quantitative estimate of drug-likeness (QED) is 0.842. The first-order valence-corrected chi connectivity index (χ1v) is 6.15. The first-order chi connectivity index (χ1) is 7.89. The summed E-state index contributed by atoms with van der Waals surface area (Å²) in [4.78, 5) is 10.9. The smallest absolute Gasteiger partial charge is 0.303 e. The molecule has 1 N–H and O–H groups in total. The highest BCUT2D eigenvalue weighted by Gasteiger charge is 2.26. The molecule has 2 nitrogen and oxygen atoms in total. The second kappa shape index (κ2) is 5.85. The molecule has 94 valence electrons. The molecule has 1 aromatic rings. The maximum atomic E-state index is 10.9. The van der Waals surface area contributed by atoms with Crippen molar-refractivity contribution in [2.24, 2.45) is 11.3 Å². The molecule has 1 rings (SSSR count). The van der Waals surface area contributed by atoms with Crippen molar-refractivity contribution in [2.75, 3.05) is 0 Å². The van der Waals surface area contributed by atoms with Crippen LogP contribution in [-0.4, -0.2) is 11.1 Å². The van der Waals surface area contributed by atoms with Crippen LogP contribution in [0.5, 0.6) is 0 Å². The van der Waals surface area contributed by atoms with E-state index in [2.05, 4.69) is 32.9 Å². The summed E-state index contributed by atoms with van der Waals surface area (Å²) >= 11 is 0. The Morgan fingerprint density at radius 1 is 1.24 bits per heavy atom. The molecule has 0 spiro atoms. The van der Waals surface area contributed by atoms with Gasteiger partial charge in [-0.3, -0.25) is 4.79 Å². The lowest BCUT2D eigenvalue weighted by molar-refractivity contribution is -0.139. The van der Waals surface area contributed by atoms with Gasteiger partial charge in [0.05, 0.1) is 0 Å². The van der Waals surface area contributed by atoms with E-state index in [9.17, 15) is 4.79 Å². The Bertz CT molecular complexity index is 349. The van der Waals surface area contributed by atoms with Gasteiger partial charge in [-0.15, -0.1) is 0 Å². The molecule has 0 bridgehead atoms. The number of benzene rings is 1. The first kappa shape index (κ1) is 13.8. The van der Waals surface area contributed by atoms with Crippen molar-refractivity contribution < 1.29 is 9.90 Å². The number of aryl methyl sites for hydroxylation is 1. The summed E-state index contributed by atoms with van der Waals surface area (Å²) in [5, 5.41) is 8.94. The van der Waals surface area contributed by atoms with Crippen molar-refractivity contribution in [1.82, 2.24) is 0 Å². The van der Waals surface area contributed by atoms with E-state index in [1.807, 2.05) is 18.2 Å². The Kier molecular flexibility index (Phi) is 4.73. The predicted octanol–water partition coefficient (Wildman–Crippen LogP) is 3.76. The van der Waals surface area contributed by atoms with Gasteiger partial charge in [-0.1, -0.05) is 51.1 Å². The summed E-state index contributed by atoms with van der Waals surface area (Å²) in [5.41, 5.74) is 1.33. The monoisotopic (exact) mass is 234 g/mol. The van der Waals surface area contributed by atoms with E-state index in [4.69, 9.17) is 5.11 Å². The van der Waals surface area contributed by atoms with Gasteiger partial charge in [0.2, 0.25) is 0 Å². The second-order valence-corrected chi connectivity index (χ2v) is 5.69. The molecular weight excluding hydrogens is 212 g/mol. The third-order valence-electron chi connectivity index (χ3n) is 3.27. The lowest BCUT2D eigenvalue weighted by atomic mass is 9.76. The molecule has 17 heavy (non-hydrogen) atoms. The van der Waals surface area contributed by atoms with Crippen LogP contribution in [0, 0.1) is 11.3 Å². The van der Waals surface area contributed by atoms with Crippen molar-refractivity contribution in [3.05, 3.63) is 35.9 Å². The number of hydrogen-bond acceptors (Lipinski definition) is 1. The summed E-state index contributed by atoms with van der Waals surface area (Å²) in [6.45, 7) is 6.35. The number of carboxylic acid groups (broad SMARTS) is 1. The maximum absolute atomic E-state index is 10.9. The minimum Gasteiger partial charge on any atom is -0.481 e. The summed E-state index contributed by atoms with van der Waals surface area (Å²) in [7, 11) is 0. The SMILES string of the molecule is CC(C)(C)[C@@H](CCc1ccccc1)CC(=O)O. The van der Waals surface area contributed by atoms with Crippen LogP contribution in [0.1, 0.15) is 39.2 Å². The third-order valence-corrected chi connectivity index (χ3v) is 3.27. The predicted molar refractivity (Wildman–Crippen MR) is 70.0 cm³/mol. The first-order valence-electron chi connectivity index (χ1n) is 6.15. The summed E-state index contributed by atoms with van der Waals surface area (Å²) < 4.78 is 0. The van der Waals surface area contributed by atoms with E-state index in [1.54, 1.807) is 0 Å². The number of rotatable bonds is 5. The Morgan fingerprint density at radius 2 is 1.82 bits per heavy atom. The van der Waals surface area contributed by atoms with Crippen molar-refractivity contribution in [1.29, 1.82) is 0 Å². The average molecular weight is 234 g/mol. The average Bonchev–Trinajstić information content (AvgIpc) is 2.23. The van der Waals surface area contributed by atoms with Crippen LogP contribution in [0.25, 0.3) is 0 Å². The molecule has 0 amide bonds. The fraction of sp³-hybridized carbons (Fsp3) is 0.533. The highest BCUT2D eigenvalue weighted by atomic mass is 16.4. The molecule has 0 saturated heterocycles. The van der Waals surface area contributed by atoms with Crippen LogP contribution in [0.3, 0.4) is 0 Å². The zero-order valence-corrected chi connectivity index (χ0v) is 10.9. The normalized spacial score (nSPS) is 13.4. The molecule has 0 fully saturated rings. The molecule has 0 saturated carbocycles. The minimum atomic E-state index is -0.696. The summed E-state index contributed by atoms with van der Waals surface area (Å²) in [6, 6.07) is 10.3. The Hall–Kier alpha value is -1.31. The van der Waals surface area contributed by atoms with Gasteiger partial charge in [-0.2, -0.15) is 0 Å². The van der Waals surface area contributed by atoms with Gasteiger partial charge < -0.3 is 5.11 Å². The number of carbonyl (C=O) groups is 1. The molecule has 0 aliphatic rings. The van der Waals surface area contributed by atoms with E-state index in [-0.39, 0.29) is 17.8 Å². The molecule has 0 aromatic heterocycles. The van der Waals surface area contributed by atoms with E-state index in [0.29, 0.717) is 0 Å². The minimum absolute atomic E-state index is 0.0488. The molecule has 0 aliphatic heterocycles. The van der Waals surface area contributed by atoms with Gasteiger partial charge in [0.25, 0.3) is 0 Å². The van der Waals surface area contributed by atoms with Crippen molar-refractivity contribution in [3.8, 4) is 0 Å². The van der Waals surface area contributed by atoms with Crippen LogP contribution < -0.4 is 0 Å². The van der Waals surface area contributed by atoms with Gasteiger partial charge in [-0.25, -0.2) is 0 Å². The van der Waals surface area contributed by atoms with Crippen molar-refractivity contribution in [2.45, 2.75) is 40.0 Å². The van der Waals surface area contributed by atoms with Crippen LogP contribution in [0.15, 0.2) is 30.3 Å². The Labute approximate surface area is 104 Å². The topological polar surface area (TPSA) is 37.3 Å². The van der Waals surface area contributed by atoms with E-state index >= 15 is 0 Å². The lowest BCUT2D eigenvalue weighted by Crippen LogP contribution is -2.24. The van der Waals surface area contributed by atoms with Crippen LogP contribution >= 0.6 is 0 Å². The fourth-order valence-electron chi connectivity index (χ4n) is 2.04. The van der Waals surface area contributed by atoms with Gasteiger partial charge in [0.15, 0.2) is 0 Å². The summed E-state index contributed by atoms with van der Waals surface area (Å²) in [5.74, 6) is -0.474. The number of carboxylic acids is 1. The molecule has 0 aliphatic carbocycles. The van der Waals surface area contributed by atoms with Gasteiger partial charge in [0.1, 0.15) is 0 Å². The van der Waals surface area contributed by atoms with Crippen molar-refractivity contribution in [3.63, 3.8) is 0 Å². The maximum Gasteiger partial charge on any atom is 0.303 e. The van der Waals surface area contributed by atoms with Crippen LogP contribution in [0.4, 0.5) is 0 Å². The second-order valence-electron chi connectivity index (χ2n) is 5.69. The zero-order chi connectivity index (χ0) is 12.9. The lowest BCUT2D eigenvalue weighted by Gasteiger charge is -2.29. The third kappa shape index (κ3) is 5.03. The molecule has 0 unspecified atom stereocenters. The van der Waals surface area contributed by atoms with Crippen LogP contribution in [0.2, 0.25) is 0 Å². The van der Waals surface area contributed by atoms with Gasteiger partial charge >= 0.3 is 5.97 Å². The molecule has 2 heteroatoms.